The average molecular weight is 655 g/mol. The van der Waals surface area contributed by atoms with Gasteiger partial charge in [-0.15, -0.1) is 11.3 Å². The van der Waals surface area contributed by atoms with Crippen LogP contribution in [0, 0.1) is 0 Å². The number of rotatable bonds is 13. The Morgan fingerprint density at radius 1 is 1.13 bits per heavy atom. The Bertz CT molecular complexity index is 1800. The molecule has 5 rings (SSSR count). The van der Waals surface area contributed by atoms with Gasteiger partial charge in [-0.25, -0.2) is 9.78 Å². The molecule has 14 heteroatoms. The highest BCUT2D eigenvalue weighted by atomic mass is 32.2. The van der Waals surface area contributed by atoms with Crippen molar-refractivity contribution in [3.05, 3.63) is 72.0 Å². The number of nitrogens with one attached hydrogen (secondary N) is 1. The van der Waals surface area contributed by atoms with E-state index < -0.39 is 51.0 Å². The number of hydrogen-bond donors (Lipinski definition) is 3. The average Bonchev–Trinajstić information content (AvgIpc) is 3.76. The van der Waals surface area contributed by atoms with Gasteiger partial charge in [0, 0.05) is 17.3 Å². The Morgan fingerprint density at radius 3 is 2.69 bits per heavy atom. The maximum absolute atomic E-state index is 14.0. The predicted octanol–water partition coefficient (Wildman–Crippen LogP) is 5.24. The number of carboxylic acids is 1. The minimum Gasteiger partial charge on any atom is -0.488 e. The minimum atomic E-state index is -4.65. The van der Waals surface area contributed by atoms with E-state index in [2.05, 4.69) is 17.2 Å². The molecule has 1 fully saturated rings. The molecule has 0 radical (unpaired) electrons. The summed E-state index contributed by atoms with van der Waals surface area (Å²) in [6.07, 6.45) is 6.41. The zero-order valence-electron chi connectivity index (χ0n) is 24.5. The van der Waals surface area contributed by atoms with Crippen LogP contribution in [0.3, 0.4) is 0 Å². The largest absolute Gasteiger partial charge is 0.488 e. The Kier molecular flexibility index (Phi) is 9.85. The summed E-state index contributed by atoms with van der Waals surface area (Å²) < 4.78 is 41.8. The second-order valence-electron chi connectivity index (χ2n) is 10.9. The minimum absolute atomic E-state index is 0.0535. The van der Waals surface area contributed by atoms with Gasteiger partial charge in [-0.05, 0) is 53.6 Å². The lowest BCUT2D eigenvalue weighted by molar-refractivity contribution is -0.149. The number of likely N-dealkylation sites (tertiary alicyclic amines) is 1. The molecule has 0 aliphatic carbocycles. The van der Waals surface area contributed by atoms with Crippen LogP contribution in [0.1, 0.15) is 61.8 Å². The van der Waals surface area contributed by atoms with Gasteiger partial charge in [0.05, 0.1) is 18.4 Å². The molecular weight excluding hydrogens is 620 g/mol. The van der Waals surface area contributed by atoms with Crippen LogP contribution in [0.2, 0.25) is 0 Å². The van der Waals surface area contributed by atoms with E-state index in [-0.39, 0.29) is 24.3 Å². The van der Waals surface area contributed by atoms with Crippen molar-refractivity contribution in [3.8, 4) is 5.75 Å². The van der Waals surface area contributed by atoms with Crippen LogP contribution in [0.5, 0.6) is 5.75 Å². The molecule has 2 aromatic heterocycles. The number of ether oxygens (including phenoxy) is 1. The number of carbonyl (C=O) groups is 3. The number of carbonyl (C=O) groups excluding carboxylic acids is 2. The van der Waals surface area contributed by atoms with Gasteiger partial charge < -0.3 is 24.6 Å². The summed E-state index contributed by atoms with van der Waals surface area (Å²) in [4.78, 5) is 44.3. The number of nitrogens with zero attached hydrogens (tertiary/aromatic N) is 3. The lowest BCUT2D eigenvalue weighted by atomic mass is 10.1. The third-order valence-electron chi connectivity index (χ3n) is 7.79. The van der Waals surface area contributed by atoms with Crippen molar-refractivity contribution in [2.75, 3.05) is 11.9 Å². The van der Waals surface area contributed by atoms with E-state index in [1.807, 2.05) is 29.6 Å². The highest BCUT2D eigenvalue weighted by Gasteiger charge is 2.43. The van der Waals surface area contributed by atoms with Crippen LogP contribution in [0.25, 0.3) is 10.1 Å². The van der Waals surface area contributed by atoms with Gasteiger partial charge in [-0.3, -0.25) is 14.1 Å². The van der Waals surface area contributed by atoms with Gasteiger partial charge in [0.1, 0.15) is 28.8 Å². The first-order valence-corrected chi connectivity index (χ1v) is 17.0. The van der Waals surface area contributed by atoms with Crippen molar-refractivity contribution in [2.45, 2.75) is 68.5 Å². The molecule has 4 aromatic rings. The summed E-state index contributed by atoms with van der Waals surface area (Å²) in [7, 11) is -4.65. The van der Waals surface area contributed by atoms with Crippen LogP contribution in [-0.2, 0) is 19.7 Å². The highest BCUT2D eigenvalue weighted by Crippen LogP contribution is 2.31. The lowest BCUT2D eigenvalue weighted by Crippen LogP contribution is -2.44. The second-order valence-corrected chi connectivity index (χ2v) is 13.3. The number of hydrogen-bond acceptors (Lipinski definition) is 8. The molecule has 0 saturated carbocycles. The number of benzene rings is 2. The third-order valence-corrected chi connectivity index (χ3v) is 9.60. The fraction of sp³-hybridized carbons (Fsp3) is 0.355. The van der Waals surface area contributed by atoms with E-state index in [0.29, 0.717) is 18.6 Å². The number of aliphatic carboxylic acids is 1. The van der Waals surface area contributed by atoms with Crippen LogP contribution in [0.4, 0.5) is 5.82 Å². The Labute approximate surface area is 264 Å². The zero-order valence-corrected chi connectivity index (χ0v) is 26.2. The highest BCUT2D eigenvalue weighted by molar-refractivity contribution is 7.86. The van der Waals surface area contributed by atoms with Crippen molar-refractivity contribution in [2.24, 2.45) is 0 Å². The van der Waals surface area contributed by atoms with E-state index in [1.165, 1.54) is 40.2 Å². The second kappa shape index (κ2) is 13.8. The molecule has 0 unspecified atom stereocenters. The number of fused-ring (bicyclic) bond motifs is 1. The number of anilines is 1. The van der Waals surface area contributed by atoms with Gasteiger partial charge in [-0.1, -0.05) is 44.7 Å². The summed E-state index contributed by atoms with van der Waals surface area (Å²) in [5.41, 5.74) is -0.271. The predicted molar refractivity (Wildman–Crippen MR) is 168 cm³/mol. The van der Waals surface area contributed by atoms with Crippen LogP contribution < -0.4 is 10.1 Å². The molecule has 1 saturated heterocycles. The normalized spacial score (nSPS) is 17.3. The lowest BCUT2D eigenvalue weighted by Gasteiger charge is -2.27. The van der Waals surface area contributed by atoms with Gasteiger partial charge in [-0.2, -0.15) is 8.42 Å². The molecule has 2 amide bonds. The Balaban J connectivity index is 1.35. The third kappa shape index (κ3) is 7.52. The van der Waals surface area contributed by atoms with Gasteiger partial charge >= 0.3 is 5.97 Å². The van der Waals surface area contributed by atoms with E-state index >= 15 is 0 Å². The molecule has 1 aliphatic rings. The van der Waals surface area contributed by atoms with E-state index in [4.69, 9.17) is 4.74 Å². The monoisotopic (exact) mass is 654 g/mol. The molecule has 3 atom stereocenters. The molecule has 3 heterocycles. The molecule has 2 aromatic carbocycles. The van der Waals surface area contributed by atoms with Crippen molar-refractivity contribution in [3.63, 3.8) is 0 Å². The molecule has 12 nitrogen and oxygen atoms in total. The van der Waals surface area contributed by atoms with Gasteiger partial charge in [0.25, 0.3) is 16.0 Å². The Hall–Kier alpha value is -4.27. The Morgan fingerprint density at radius 2 is 1.93 bits per heavy atom. The van der Waals surface area contributed by atoms with E-state index in [0.717, 1.165) is 35.4 Å². The molecule has 238 valence electrons. The molecule has 0 bridgehead atoms. The van der Waals surface area contributed by atoms with Crippen LogP contribution in [0.15, 0.2) is 71.3 Å². The van der Waals surface area contributed by atoms with Gasteiger partial charge in [0.2, 0.25) is 5.91 Å². The fourth-order valence-corrected chi connectivity index (χ4v) is 7.02. The van der Waals surface area contributed by atoms with Crippen LogP contribution in [-0.4, -0.2) is 69.0 Å². The molecule has 1 aliphatic heterocycles. The summed E-state index contributed by atoms with van der Waals surface area (Å²) in [5.74, 6) is -1.68. The maximum atomic E-state index is 14.0. The zero-order chi connectivity index (χ0) is 32.1. The first-order valence-electron chi connectivity index (χ1n) is 14.6. The van der Waals surface area contributed by atoms with Crippen molar-refractivity contribution in [1.29, 1.82) is 0 Å². The quantitative estimate of drug-likeness (QED) is 0.129. The van der Waals surface area contributed by atoms with E-state index in [9.17, 15) is 32.5 Å². The first-order chi connectivity index (χ1) is 21.5. The first kappa shape index (κ1) is 32.1. The van der Waals surface area contributed by atoms with Gasteiger partial charge in [0.15, 0.2) is 5.82 Å². The number of unbranched alkanes of at least 4 members (excludes halogenated alkanes) is 3. The molecule has 0 spiro atoms. The summed E-state index contributed by atoms with van der Waals surface area (Å²) in [6, 6.07) is 11.0. The smallest absolute Gasteiger partial charge is 0.326 e. The van der Waals surface area contributed by atoms with Crippen molar-refractivity contribution < 1.29 is 37.2 Å². The van der Waals surface area contributed by atoms with E-state index in [1.54, 1.807) is 11.3 Å². The maximum Gasteiger partial charge on any atom is 0.326 e. The summed E-state index contributed by atoms with van der Waals surface area (Å²) >= 11 is 1.61. The topological polar surface area (TPSA) is 168 Å². The molecule has 45 heavy (non-hydrogen) atoms. The SMILES string of the molecule is CCCCCC[C@H](C(=O)N1C[C@@H](Oc2ccc3sccc3c2)C[C@H]1C(=O)O)n1cnc(NC(=O)c2ccccc2S(=O)(=O)O)c1. The standard InChI is InChI=1S/C31H34N4O8S2/c1-2-3-4-5-9-24(34-18-28(32-19-34)33-29(36)23-8-6-7-10-27(23)45(40,41)42)30(37)35-17-22(16-25(35)31(38)39)43-21-11-12-26-20(15-21)13-14-44-26/h6-8,10-15,18-19,22,24-25H,2-5,9,16-17H2,1H3,(H,33,36)(H,38,39)(H,40,41,42)/t22-,24+,25-/m0/s1. The van der Waals surface area contributed by atoms with Crippen LogP contribution >= 0.6 is 11.3 Å². The summed E-state index contributed by atoms with van der Waals surface area (Å²) in [6.45, 7) is 2.17. The molecular formula is C31H34N4O8S2. The number of amides is 2. The van der Waals surface area contributed by atoms with Crippen molar-refractivity contribution >= 4 is 55.1 Å². The fourth-order valence-electron chi connectivity index (χ4n) is 5.56. The molecule has 3 N–H and O–H groups in total. The van der Waals surface area contributed by atoms with Crippen molar-refractivity contribution in [1.82, 2.24) is 14.5 Å². The number of carboxylic acid groups (broad SMARTS) is 1. The number of imidazole rings is 1. The number of thiophene rings is 1. The summed E-state index contributed by atoms with van der Waals surface area (Å²) in [5, 5.41) is 15.6. The number of aromatic nitrogens is 2.